The molecule has 0 saturated heterocycles. The molecule has 2 aromatic carbocycles. The molecule has 2 nitrogen and oxygen atoms in total. The van der Waals surface area contributed by atoms with Gasteiger partial charge >= 0.3 is 0 Å². The monoisotopic (exact) mass is 307 g/mol. The van der Waals surface area contributed by atoms with Gasteiger partial charge in [0.2, 0.25) is 0 Å². The zero-order valence-electron chi connectivity index (χ0n) is 14.3. The first kappa shape index (κ1) is 17.1. The fourth-order valence-electron chi connectivity index (χ4n) is 2.57. The molecule has 1 unspecified atom stereocenters. The highest BCUT2D eigenvalue weighted by Crippen LogP contribution is 2.23. The normalized spacial score (nSPS) is 12.0. The standard InChI is InChI=1S/C21H25NO/c1-4-17-6-5-7-21(14-17)23-13-12-20(15-22)19-10-8-18(9-11-19)16(2)3/h5-11,14,16,20H,4,12-13H2,1-3H3. The molecule has 2 heteroatoms. The van der Waals surface area contributed by atoms with E-state index >= 15 is 0 Å². The Kier molecular flexibility index (Phi) is 6.23. The van der Waals surface area contributed by atoms with Crippen LogP contribution < -0.4 is 4.74 Å². The largest absolute Gasteiger partial charge is 0.494 e. The average molecular weight is 307 g/mol. The molecule has 0 heterocycles. The first-order valence-electron chi connectivity index (χ1n) is 8.35. The van der Waals surface area contributed by atoms with Crippen molar-refractivity contribution in [1.82, 2.24) is 0 Å². The van der Waals surface area contributed by atoms with Crippen LogP contribution in [0, 0.1) is 11.3 Å². The molecule has 23 heavy (non-hydrogen) atoms. The second-order valence-electron chi connectivity index (χ2n) is 6.14. The first-order valence-corrected chi connectivity index (χ1v) is 8.35. The van der Waals surface area contributed by atoms with Crippen LogP contribution in [0.1, 0.15) is 55.7 Å². The van der Waals surface area contributed by atoms with E-state index in [1.807, 2.05) is 12.1 Å². The predicted octanol–water partition coefficient (Wildman–Crippen LogP) is 5.45. The van der Waals surface area contributed by atoms with Gasteiger partial charge in [-0.1, -0.05) is 57.2 Å². The number of ether oxygens (including phenoxy) is 1. The summed E-state index contributed by atoms with van der Waals surface area (Å²) in [5.74, 6) is 1.28. The minimum Gasteiger partial charge on any atom is -0.494 e. The molecule has 0 aliphatic rings. The van der Waals surface area contributed by atoms with E-state index in [0.29, 0.717) is 18.9 Å². The molecule has 120 valence electrons. The molecule has 0 aromatic heterocycles. The van der Waals surface area contributed by atoms with Crippen LogP contribution in [0.5, 0.6) is 5.75 Å². The predicted molar refractivity (Wildman–Crippen MR) is 94.8 cm³/mol. The Balaban J connectivity index is 1.93. The summed E-state index contributed by atoms with van der Waals surface area (Å²) in [6.45, 7) is 7.03. The Morgan fingerprint density at radius 2 is 1.74 bits per heavy atom. The first-order chi connectivity index (χ1) is 11.1. The van der Waals surface area contributed by atoms with Crippen LogP contribution in [-0.2, 0) is 6.42 Å². The zero-order valence-corrected chi connectivity index (χ0v) is 14.3. The highest BCUT2D eigenvalue weighted by molar-refractivity contribution is 5.31. The quantitative estimate of drug-likeness (QED) is 0.681. The van der Waals surface area contributed by atoms with E-state index in [9.17, 15) is 5.26 Å². The van der Waals surface area contributed by atoms with E-state index in [1.54, 1.807) is 0 Å². The zero-order chi connectivity index (χ0) is 16.7. The van der Waals surface area contributed by atoms with Crippen molar-refractivity contribution in [2.45, 2.75) is 45.4 Å². The summed E-state index contributed by atoms with van der Waals surface area (Å²) in [5, 5.41) is 9.43. The molecular weight excluding hydrogens is 282 g/mol. The van der Waals surface area contributed by atoms with Crippen molar-refractivity contribution in [2.75, 3.05) is 6.61 Å². The summed E-state index contributed by atoms with van der Waals surface area (Å²) in [6.07, 6.45) is 1.70. The third-order valence-corrected chi connectivity index (χ3v) is 4.14. The van der Waals surface area contributed by atoms with Crippen LogP contribution in [0.25, 0.3) is 0 Å². The molecule has 0 saturated carbocycles. The van der Waals surface area contributed by atoms with Crippen LogP contribution in [-0.4, -0.2) is 6.61 Å². The van der Waals surface area contributed by atoms with Crippen LogP contribution in [0.3, 0.4) is 0 Å². The number of rotatable bonds is 7. The second kappa shape index (κ2) is 8.39. The molecule has 0 spiro atoms. The van der Waals surface area contributed by atoms with Gasteiger partial charge in [0.15, 0.2) is 0 Å². The van der Waals surface area contributed by atoms with Crippen molar-refractivity contribution in [3.05, 3.63) is 65.2 Å². The molecular formula is C21H25NO. The Labute approximate surface area is 139 Å². The molecule has 0 bridgehead atoms. The lowest BCUT2D eigenvalue weighted by molar-refractivity contribution is 0.305. The van der Waals surface area contributed by atoms with Crippen molar-refractivity contribution in [2.24, 2.45) is 0 Å². The van der Waals surface area contributed by atoms with Gasteiger partial charge in [-0.15, -0.1) is 0 Å². The summed E-state index contributed by atoms with van der Waals surface area (Å²) in [6, 6.07) is 18.9. The number of hydrogen-bond acceptors (Lipinski definition) is 2. The van der Waals surface area contributed by atoms with Gasteiger partial charge in [0.25, 0.3) is 0 Å². The van der Waals surface area contributed by atoms with Gasteiger partial charge in [0, 0.05) is 6.42 Å². The molecule has 0 N–H and O–H groups in total. The maximum Gasteiger partial charge on any atom is 0.119 e. The maximum absolute atomic E-state index is 9.43. The lowest BCUT2D eigenvalue weighted by Gasteiger charge is -2.13. The van der Waals surface area contributed by atoms with E-state index in [4.69, 9.17) is 4.74 Å². The number of nitrogens with zero attached hydrogens (tertiary/aromatic N) is 1. The van der Waals surface area contributed by atoms with Crippen molar-refractivity contribution in [3.8, 4) is 11.8 Å². The Morgan fingerprint density at radius 1 is 1.04 bits per heavy atom. The minimum absolute atomic E-state index is 0.120. The number of aryl methyl sites for hydroxylation is 1. The Morgan fingerprint density at radius 3 is 2.35 bits per heavy atom. The van der Waals surface area contributed by atoms with Gasteiger partial charge in [0.05, 0.1) is 18.6 Å². The van der Waals surface area contributed by atoms with Crippen LogP contribution in [0.2, 0.25) is 0 Å². The molecule has 0 radical (unpaired) electrons. The lowest BCUT2D eigenvalue weighted by atomic mass is 9.94. The molecule has 2 rings (SSSR count). The van der Waals surface area contributed by atoms with Crippen molar-refractivity contribution < 1.29 is 4.74 Å². The summed E-state index contributed by atoms with van der Waals surface area (Å²) < 4.78 is 5.81. The van der Waals surface area contributed by atoms with Crippen molar-refractivity contribution in [3.63, 3.8) is 0 Å². The van der Waals surface area contributed by atoms with E-state index in [2.05, 4.69) is 63.2 Å². The molecule has 0 aliphatic heterocycles. The number of benzene rings is 2. The molecule has 1 atom stereocenters. The van der Waals surface area contributed by atoms with E-state index in [0.717, 1.165) is 17.7 Å². The van der Waals surface area contributed by atoms with Gasteiger partial charge in [-0.2, -0.15) is 5.26 Å². The summed E-state index contributed by atoms with van der Waals surface area (Å²) in [5.41, 5.74) is 3.64. The summed E-state index contributed by atoms with van der Waals surface area (Å²) in [7, 11) is 0. The molecule has 0 fully saturated rings. The van der Waals surface area contributed by atoms with Gasteiger partial charge in [-0.3, -0.25) is 0 Å². The van der Waals surface area contributed by atoms with Crippen LogP contribution >= 0.6 is 0 Å². The van der Waals surface area contributed by atoms with Crippen LogP contribution in [0.4, 0.5) is 0 Å². The summed E-state index contributed by atoms with van der Waals surface area (Å²) >= 11 is 0. The van der Waals surface area contributed by atoms with E-state index in [1.165, 1.54) is 11.1 Å². The molecule has 0 amide bonds. The fraction of sp³-hybridized carbons (Fsp3) is 0.381. The second-order valence-corrected chi connectivity index (χ2v) is 6.14. The average Bonchev–Trinajstić information content (AvgIpc) is 2.59. The van der Waals surface area contributed by atoms with Gasteiger partial charge < -0.3 is 4.74 Å². The van der Waals surface area contributed by atoms with Gasteiger partial charge in [-0.25, -0.2) is 0 Å². The Hall–Kier alpha value is -2.27. The van der Waals surface area contributed by atoms with Gasteiger partial charge in [0.1, 0.15) is 5.75 Å². The third kappa shape index (κ3) is 4.86. The topological polar surface area (TPSA) is 33.0 Å². The third-order valence-electron chi connectivity index (χ3n) is 4.14. The lowest BCUT2D eigenvalue weighted by Crippen LogP contribution is -2.05. The fourth-order valence-corrected chi connectivity index (χ4v) is 2.57. The van der Waals surface area contributed by atoms with Crippen molar-refractivity contribution in [1.29, 1.82) is 5.26 Å². The van der Waals surface area contributed by atoms with E-state index in [-0.39, 0.29) is 5.92 Å². The number of hydrogen-bond donors (Lipinski definition) is 0. The SMILES string of the molecule is CCc1cccc(OCCC(C#N)c2ccc(C(C)C)cc2)c1. The smallest absolute Gasteiger partial charge is 0.119 e. The highest BCUT2D eigenvalue weighted by atomic mass is 16.5. The van der Waals surface area contributed by atoms with Crippen LogP contribution in [0.15, 0.2) is 48.5 Å². The summed E-state index contributed by atoms with van der Waals surface area (Å²) in [4.78, 5) is 0. The number of nitriles is 1. The van der Waals surface area contributed by atoms with Gasteiger partial charge in [-0.05, 0) is 41.2 Å². The highest BCUT2D eigenvalue weighted by Gasteiger charge is 2.11. The molecule has 2 aromatic rings. The van der Waals surface area contributed by atoms with Crippen molar-refractivity contribution >= 4 is 0 Å². The van der Waals surface area contributed by atoms with E-state index < -0.39 is 0 Å². The minimum atomic E-state index is -0.120. The Bertz CT molecular complexity index is 652. The molecule has 0 aliphatic carbocycles. The maximum atomic E-state index is 9.43.